The second kappa shape index (κ2) is 4.54. The van der Waals surface area contributed by atoms with E-state index >= 15 is 0 Å². The molecule has 0 bridgehead atoms. The van der Waals surface area contributed by atoms with E-state index in [-0.39, 0.29) is 0 Å². The number of imidazole rings is 1. The lowest BCUT2D eigenvalue weighted by molar-refractivity contribution is -0.645. The Labute approximate surface area is 142 Å². The van der Waals surface area contributed by atoms with Gasteiger partial charge in [0.15, 0.2) is 0 Å². The first kappa shape index (κ1) is 12.9. The van der Waals surface area contributed by atoms with Crippen LogP contribution in [0, 0.1) is 0 Å². The standard InChI is InChI=1S/C20H13N4O/c1-2-5-13(6-3-1)24-19-14-7-4-9-22-16(14)12-23(19)18-15-11-21-10-8-17(15)25-20(18)24/h1-11H,12H2/q+1. The highest BCUT2D eigenvalue weighted by Crippen LogP contribution is 2.36. The van der Waals surface area contributed by atoms with E-state index in [0.29, 0.717) is 0 Å². The maximum absolute atomic E-state index is 6.23. The number of rotatable bonds is 1. The van der Waals surface area contributed by atoms with Crippen molar-refractivity contribution in [3.8, 4) is 17.1 Å². The zero-order valence-corrected chi connectivity index (χ0v) is 13.3. The summed E-state index contributed by atoms with van der Waals surface area (Å²) in [5, 5.41) is 1.03. The van der Waals surface area contributed by atoms with Crippen molar-refractivity contribution in [2.75, 3.05) is 0 Å². The zero-order valence-electron chi connectivity index (χ0n) is 13.3. The minimum atomic E-state index is 0.741. The van der Waals surface area contributed by atoms with E-state index in [9.17, 15) is 0 Å². The minimum Gasteiger partial charge on any atom is -0.419 e. The van der Waals surface area contributed by atoms with Gasteiger partial charge in [0, 0.05) is 24.7 Å². The highest BCUT2D eigenvalue weighted by Gasteiger charge is 2.38. The van der Waals surface area contributed by atoms with Gasteiger partial charge in [-0.2, -0.15) is 4.57 Å². The SMILES string of the molecule is c1ccc(-n2c3[n+](c4c5cnccc5oc42)Cc2ncccc2-3)cc1. The number of aromatic nitrogens is 4. The molecule has 0 fully saturated rings. The van der Waals surface area contributed by atoms with Crippen molar-refractivity contribution >= 4 is 22.2 Å². The summed E-state index contributed by atoms with van der Waals surface area (Å²) in [6.07, 6.45) is 5.49. The number of para-hydroxylation sites is 1. The summed E-state index contributed by atoms with van der Waals surface area (Å²) in [5.74, 6) is 1.11. The molecule has 118 valence electrons. The Hall–Kier alpha value is -3.47. The third-order valence-electron chi connectivity index (χ3n) is 4.84. The first-order valence-corrected chi connectivity index (χ1v) is 8.22. The molecule has 0 saturated heterocycles. The van der Waals surface area contributed by atoms with Crippen LogP contribution in [-0.2, 0) is 6.54 Å². The Morgan fingerprint density at radius 2 is 1.92 bits per heavy atom. The van der Waals surface area contributed by atoms with E-state index < -0.39 is 0 Å². The molecule has 5 nitrogen and oxygen atoms in total. The van der Waals surface area contributed by atoms with Gasteiger partial charge in [-0.15, -0.1) is 0 Å². The van der Waals surface area contributed by atoms with Crippen molar-refractivity contribution in [2.45, 2.75) is 6.54 Å². The fraction of sp³-hybridized carbons (Fsp3) is 0.0500. The number of pyridine rings is 2. The van der Waals surface area contributed by atoms with Crippen LogP contribution >= 0.6 is 0 Å². The predicted molar refractivity (Wildman–Crippen MR) is 93.4 cm³/mol. The fourth-order valence-electron chi connectivity index (χ4n) is 3.81. The third kappa shape index (κ3) is 1.59. The number of nitrogens with zero attached hydrogens (tertiary/aromatic N) is 4. The van der Waals surface area contributed by atoms with Crippen LogP contribution in [0.1, 0.15) is 5.69 Å². The first-order chi connectivity index (χ1) is 12.4. The van der Waals surface area contributed by atoms with Gasteiger partial charge in [-0.25, -0.2) is 4.57 Å². The van der Waals surface area contributed by atoms with Crippen LogP contribution in [0.3, 0.4) is 0 Å². The Kier molecular flexibility index (Phi) is 2.34. The summed E-state index contributed by atoms with van der Waals surface area (Å²) in [5.41, 5.74) is 6.07. The average molecular weight is 325 g/mol. The average Bonchev–Trinajstić information content (AvgIpc) is 3.29. The molecule has 5 heteroatoms. The van der Waals surface area contributed by atoms with Crippen LogP contribution in [0.2, 0.25) is 0 Å². The quantitative estimate of drug-likeness (QED) is 0.435. The second-order valence-electron chi connectivity index (χ2n) is 6.21. The van der Waals surface area contributed by atoms with Crippen LogP contribution in [0.15, 0.2) is 71.5 Å². The first-order valence-electron chi connectivity index (χ1n) is 8.22. The lowest BCUT2D eigenvalue weighted by Gasteiger charge is -1.99. The molecule has 0 aliphatic carbocycles. The summed E-state index contributed by atoms with van der Waals surface area (Å²) in [4.78, 5) is 8.87. The van der Waals surface area contributed by atoms with E-state index in [1.807, 2.05) is 42.7 Å². The molecule has 0 radical (unpaired) electrons. The molecule has 5 aromatic rings. The topological polar surface area (TPSA) is 47.7 Å². The maximum atomic E-state index is 6.23. The van der Waals surface area contributed by atoms with Gasteiger partial charge < -0.3 is 4.42 Å². The normalized spacial score (nSPS) is 12.6. The smallest absolute Gasteiger partial charge is 0.344 e. The summed E-state index contributed by atoms with van der Waals surface area (Å²) in [6.45, 7) is 0.741. The molecule has 0 spiro atoms. The molecular formula is C20H13N4O+. The third-order valence-corrected chi connectivity index (χ3v) is 4.84. The lowest BCUT2D eigenvalue weighted by atomic mass is 10.2. The van der Waals surface area contributed by atoms with Gasteiger partial charge in [0.2, 0.25) is 5.52 Å². The number of hydrogen-bond acceptors (Lipinski definition) is 3. The van der Waals surface area contributed by atoms with Crippen LogP contribution < -0.4 is 4.57 Å². The minimum absolute atomic E-state index is 0.741. The molecule has 5 heterocycles. The number of fused-ring (bicyclic) bond motifs is 7. The second-order valence-corrected chi connectivity index (χ2v) is 6.21. The van der Waals surface area contributed by atoms with Crippen molar-refractivity contribution in [3.05, 3.63) is 72.8 Å². The molecule has 0 N–H and O–H groups in total. The fourth-order valence-corrected chi connectivity index (χ4v) is 3.81. The lowest BCUT2D eigenvalue weighted by Crippen LogP contribution is -2.31. The van der Waals surface area contributed by atoms with E-state index in [2.05, 4.69) is 37.3 Å². The van der Waals surface area contributed by atoms with Gasteiger partial charge in [-0.1, -0.05) is 18.2 Å². The molecule has 1 aliphatic rings. The van der Waals surface area contributed by atoms with E-state index in [1.54, 1.807) is 6.20 Å². The molecule has 0 unspecified atom stereocenters. The highest BCUT2D eigenvalue weighted by molar-refractivity contribution is 6.00. The van der Waals surface area contributed by atoms with Crippen LogP contribution in [0.5, 0.6) is 0 Å². The Morgan fingerprint density at radius 3 is 2.84 bits per heavy atom. The Bertz CT molecular complexity index is 1270. The molecule has 4 aromatic heterocycles. The summed E-state index contributed by atoms with van der Waals surface area (Å²) >= 11 is 0. The van der Waals surface area contributed by atoms with Gasteiger partial charge in [0.25, 0.3) is 5.82 Å². The van der Waals surface area contributed by atoms with Crippen molar-refractivity contribution < 1.29 is 8.98 Å². The zero-order chi connectivity index (χ0) is 16.4. The highest BCUT2D eigenvalue weighted by atomic mass is 16.3. The van der Waals surface area contributed by atoms with Gasteiger partial charge in [0.1, 0.15) is 17.8 Å². The van der Waals surface area contributed by atoms with E-state index in [0.717, 1.165) is 51.5 Å². The number of furan rings is 1. The van der Waals surface area contributed by atoms with E-state index in [1.165, 1.54) is 0 Å². The van der Waals surface area contributed by atoms with Gasteiger partial charge >= 0.3 is 5.71 Å². The van der Waals surface area contributed by atoms with Crippen molar-refractivity contribution in [3.63, 3.8) is 0 Å². The summed E-state index contributed by atoms with van der Waals surface area (Å²) in [6, 6.07) is 16.3. The van der Waals surface area contributed by atoms with Crippen LogP contribution in [0.25, 0.3) is 39.3 Å². The molecule has 1 aliphatic heterocycles. The largest absolute Gasteiger partial charge is 0.419 e. The molecule has 25 heavy (non-hydrogen) atoms. The maximum Gasteiger partial charge on any atom is 0.344 e. The van der Waals surface area contributed by atoms with Crippen LogP contribution in [-0.4, -0.2) is 14.5 Å². The molecule has 0 amide bonds. The van der Waals surface area contributed by atoms with Gasteiger partial charge in [-0.05, 0) is 24.3 Å². The molecule has 0 saturated carbocycles. The monoisotopic (exact) mass is 325 g/mol. The molecular weight excluding hydrogens is 312 g/mol. The number of benzene rings is 1. The van der Waals surface area contributed by atoms with E-state index in [4.69, 9.17) is 4.42 Å². The predicted octanol–water partition coefficient (Wildman–Crippen LogP) is 3.48. The number of hydrogen-bond donors (Lipinski definition) is 0. The Morgan fingerprint density at radius 1 is 1.00 bits per heavy atom. The van der Waals surface area contributed by atoms with Crippen molar-refractivity contribution in [1.82, 2.24) is 14.5 Å². The van der Waals surface area contributed by atoms with Gasteiger partial charge in [-0.3, -0.25) is 9.97 Å². The molecule has 0 atom stereocenters. The van der Waals surface area contributed by atoms with Crippen molar-refractivity contribution in [1.29, 1.82) is 0 Å². The molecule has 1 aromatic carbocycles. The van der Waals surface area contributed by atoms with Gasteiger partial charge in [0.05, 0.1) is 16.6 Å². The molecule has 6 rings (SSSR count). The summed E-state index contributed by atoms with van der Waals surface area (Å²) < 4.78 is 10.7. The summed E-state index contributed by atoms with van der Waals surface area (Å²) in [7, 11) is 0. The Balaban J connectivity index is 1.83. The van der Waals surface area contributed by atoms with Crippen LogP contribution in [0.4, 0.5) is 0 Å². The van der Waals surface area contributed by atoms with Crippen molar-refractivity contribution in [2.24, 2.45) is 0 Å².